The van der Waals surface area contributed by atoms with E-state index in [0.29, 0.717) is 48.6 Å². The van der Waals surface area contributed by atoms with Gasteiger partial charge in [-0.2, -0.15) is 0 Å². The van der Waals surface area contributed by atoms with E-state index in [2.05, 4.69) is 24.1 Å². The molecular formula is C36H54N2O7S. The molecule has 0 bridgehead atoms. The topological polar surface area (TPSA) is 122 Å². The molecule has 1 aromatic rings. The second-order valence-electron chi connectivity index (χ2n) is 15.2. The van der Waals surface area contributed by atoms with Crippen LogP contribution in [0.25, 0.3) is 0 Å². The summed E-state index contributed by atoms with van der Waals surface area (Å²) in [6.07, 6.45) is 5.28. The fourth-order valence-electron chi connectivity index (χ4n) is 5.99. The third-order valence-electron chi connectivity index (χ3n) is 8.76. The molecule has 0 aromatic carbocycles. The Morgan fingerprint density at radius 1 is 1.02 bits per heavy atom. The Morgan fingerprint density at radius 3 is 2.15 bits per heavy atom. The molecule has 2 aliphatic carbocycles. The van der Waals surface area contributed by atoms with Crippen LogP contribution in [0.2, 0.25) is 0 Å². The van der Waals surface area contributed by atoms with Gasteiger partial charge in [0.15, 0.2) is 0 Å². The van der Waals surface area contributed by atoms with Crippen molar-refractivity contribution in [1.82, 2.24) is 5.32 Å². The largest absolute Gasteiger partial charge is 0.477 e. The Hall–Kier alpha value is -3.06. The van der Waals surface area contributed by atoms with Crippen LogP contribution in [0.4, 0.5) is 10.5 Å². The number of carboxylic acid groups (broad SMARTS) is 1. The minimum Gasteiger partial charge on any atom is -0.477 e. The average molecular weight is 659 g/mol. The van der Waals surface area contributed by atoms with Crippen LogP contribution in [0, 0.1) is 35.0 Å². The maximum atomic E-state index is 14.2. The van der Waals surface area contributed by atoms with Crippen molar-refractivity contribution in [2.75, 3.05) is 4.90 Å². The maximum absolute atomic E-state index is 14.2. The van der Waals surface area contributed by atoms with Gasteiger partial charge in [0, 0.05) is 17.4 Å². The van der Waals surface area contributed by atoms with Crippen LogP contribution >= 0.6 is 11.3 Å². The smallest absolute Gasteiger partial charge is 0.408 e. The van der Waals surface area contributed by atoms with Crippen LogP contribution in [-0.2, 0) is 19.1 Å². The van der Waals surface area contributed by atoms with Gasteiger partial charge < -0.3 is 24.8 Å². The van der Waals surface area contributed by atoms with E-state index in [1.165, 1.54) is 0 Å². The number of thiophene rings is 1. The first-order chi connectivity index (χ1) is 21.4. The van der Waals surface area contributed by atoms with E-state index in [0.717, 1.165) is 37.0 Å². The number of ether oxygens (including phenoxy) is 2. The number of carbonyl (C=O) groups is 4. The molecule has 0 aliphatic heterocycles. The van der Waals surface area contributed by atoms with Crippen molar-refractivity contribution in [3.63, 3.8) is 0 Å². The first-order valence-corrected chi connectivity index (χ1v) is 17.6. The standard InChI is InChI=1S/C36H54N2O7S/c1-10-23(3)29(37-34(43)45-36(7,8)9)33(42)44-26-17-15-25(16-18-26)38(31(39)24-13-11-22(2)12-14-24)28-21-27(19-20-35(4,5)6)46-30(28)32(40)41/h21-26,29H,10-18H2,1-9H3,(H,37,43)(H,40,41)/t22-,23-,24-,25-,26-,29?/m1/s1. The van der Waals surface area contributed by atoms with Crippen LogP contribution in [0.5, 0.6) is 0 Å². The van der Waals surface area contributed by atoms with Gasteiger partial charge in [0.1, 0.15) is 22.6 Å². The number of hydrogen-bond acceptors (Lipinski definition) is 7. The summed E-state index contributed by atoms with van der Waals surface area (Å²) in [5.41, 5.74) is -0.541. The van der Waals surface area contributed by atoms with Crippen molar-refractivity contribution in [2.24, 2.45) is 23.2 Å². The zero-order valence-electron chi connectivity index (χ0n) is 29.2. The van der Waals surface area contributed by atoms with E-state index in [9.17, 15) is 24.3 Å². The fraction of sp³-hybridized carbons (Fsp3) is 0.722. The molecule has 1 aromatic heterocycles. The summed E-state index contributed by atoms with van der Waals surface area (Å²) in [6.45, 7) is 17.3. The van der Waals surface area contributed by atoms with Gasteiger partial charge in [0.2, 0.25) is 5.91 Å². The number of carboxylic acids is 1. The molecule has 1 unspecified atom stereocenters. The van der Waals surface area contributed by atoms with Crippen molar-refractivity contribution in [1.29, 1.82) is 0 Å². The van der Waals surface area contributed by atoms with Crippen LogP contribution in [0.3, 0.4) is 0 Å². The molecule has 2 fully saturated rings. The molecule has 2 saturated carbocycles. The van der Waals surface area contributed by atoms with Crippen molar-refractivity contribution >= 4 is 41.0 Å². The Balaban J connectivity index is 1.82. The summed E-state index contributed by atoms with van der Waals surface area (Å²) in [5, 5.41) is 12.9. The second-order valence-corrected chi connectivity index (χ2v) is 16.2. The summed E-state index contributed by atoms with van der Waals surface area (Å²) in [5.74, 6) is 4.97. The summed E-state index contributed by atoms with van der Waals surface area (Å²) in [6, 6.07) is 0.686. The number of alkyl carbamates (subject to hydrolysis) is 1. The normalized spacial score (nSPS) is 23.2. The minimum absolute atomic E-state index is 0.0265. The summed E-state index contributed by atoms with van der Waals surface area (Å²) >= 11 is 1.11. The van der Waals surface area contributed by atoms with Gasteiger partial charge in [0.05, 0.1) is 10.6 Å². The molecule has 10 heteroatoms. The fourth-order valence-corrected chi connectivity index (χ4v) is 6.83. The molecule has 256 valence electrons. The van der Waals surface area contributed by atoms with Crippen molar-refractivity contribution < 1.29 is 33.8 Å². The minimum atomic E-state index is -1.07. The number of carbonyl (C=O) groups excluding carboxylic acids is 3. The molecule has 2 atom stereocenters. The quantitative estimate of drug-likeness (QED) is 0.205. The molecule has 3 rings (SSSR count). The molecule has 2 amide bonds. The summed E-state index contributed by atoms with van der Waals surface area (Å²) in [7, 11) is 0. The van der Waals surface area contributed by atoms with Crippen molar-refractivity contribution in [3.8, 4) is 11.8 Å². The predicted octanol–water partition coefficient (Wildman–Crippen LogP) is 7.80. The Kier molecular flexibility index (Phi) is 12.8. The molecule has 0 spiro atoms. The Labute approximate surface area is 279 Å². The molecule has 0 saturated heterocycles. The zero-order chi connectivity index (χ0) is 34.4. The van der Waals surface area contributed by atoms with Gasteiger partial charge in [-0.05, 0) is 111 Å². The number of esters is 1. The van der Waals surface area contributed by atoms with Crippen molar-refractivity contribution in [3.05, 3.63) is 15.8 Å². The summed E-state index contributed by atoms with van der Waals surface area (Å²) in [4.78, 5) is 55.0. The highest BCUT2D eigenvalue weighted by atomic mass is 32.1. The lowest BCUT2D eigenvalue weighted by Gasteiger charge is -2.39. The van der Waals surface area contributed by atoms with E-state index >= 15 is 0 Å². The first kappa shape index (κ1) is 37.4. The van der Waals surface area contributed by atoms with Crippen LogP contribution in [0.15, 0.2) is 6.07 Å². The average Bonchev–Trinajstić information content (AvgIpc) is 3.38. The van der Waals surface area contributed by atoms with Crippen molar-refractivity contribution in [2.45, 2.75) is 144 Å². The second kappa shape index (κ2) is 15.7. The number of nitrogens with zero attached hydrogens (tertiary/aromatic N) is 1. The highest BCUT2D eigenvalue weighted by molar-refractivity contribution is 7.15. The number of hydrogen-bond donors (Lipinski definition) is 2. The number of amides is 2. The molecule has 9 nitrogen and oxygen atoms in total. The predicted molar refractivity (Wildman–Crippen MR) is 181 cm³/mol. The Morgan fingerprint density at radius 2 is 1.63 bits per heavy atom. The van der Waals surface area contributed by atoms with Gasteiger partial charge in [-0.1, -0.05) is 39.0 Å². The number of nitrogens with one attached hydrogen (secondary N) is 1. The SMILES string of the molecule is CC[C@@H](C)C(NC(=O)OC(C)(C)C)C(=O)O[C@H]1CC[C@H](N(c2cc(C#CC(C)(C)C)sc2C(=O)O)C(=O)[C@H]2CC[C@H](C)CC2)CC1. The number of rotatable bonds is 9. The van der Waals surface area contributed by atoms with Crippen LogP contribution in [-0.4, -0.2) is 52.8 Å². The lowest BCUT2D eigenvalue weighted by atomic mass is 9.81. The molecule has 2 aliphatic rings. The summed E-state index contributed by atoms with van der Waals surface area (Å²) < 4.78 is 11.3. The van der Waals surface area contributed by atoms with Crippen LogP contribution < -0.4 is 10.2 Å². The lowest BCUT2D eigenvalue weighted by molar-refractivity contribution is -0.154. The van der Waals surface area contributed by atoms with E-state index in [-0.39, 0.29) is 40.2 Å². The number of anilines is 1. The third kappa shape index (κ3) is 10.8. The highest BCUT2D eigenvalue weighted by Crippen LogP contribution is 2.39. The first-order valence-electron chi connectivity index (χ1n) is 16.8. The van der Waals surface area contributed by atoms with E-state index < -0.39 is 29.7 Å². The third-order valence-corrected chi connectivity index (χ3v) is 9.79. The van der Waals surface area contributed by atoms with Gasteiger partial charge in [-0.15, -0.1) is 11.3 Å². The maximum Gasteiger partial charge on any atom is 0.408 e. The van der Waals surface area contributed by atoms with Gasteiger partial charge >= 0.3 is 18.0 Å². The molecule has 46 heavy (non-hydrogen) atoms. The van der Waals surface area contributed by atoms with Gasteiger partial charge in [-0.3, -0.25) is 4.79 Å². The molecule has 1 heterocycles. The Bertz CT molecular complexity index is 1300. The number of aromatic carboxylic acids is 1. The lowest BCUT2D eigenvalue weighted by Crippen LogP contribution is -2.50. The highest BCUT2D eigenvalue weighted by Gasteiger charge is 2.39. The molecular weight excluding hydrogens is 604 g/mol. The van der Waals surface area contributed by atoms with E-state index in [1.807, 2.05) is 34.6 Å². The molecule has 2 N–H and O–H groups in total. The molecule has 0 radical (unpaired) electrons. The zero-order valence-corrected chi connectivity index (χ0v) is 30.0. The van der Waals surface area contributed by atoms with E-state index in [4.69, 9.17) is 9.47 Å². The van der Waals surface area contributed by atoms with Gasteiger partial charge in [0.25, 0.3) is 0 Å². The van der Waals surface area contributed by atoms with Crippen LogP contribution in [0.1, 0.15) is 135 Å². The van der Waals surface area contributed by atoms with E-state index in [1.54, 1.807) is 31.7 Å². The van der Waals surface area contributed by atoms with Gasteiger partial charge in [-0.25, -0.2) is 14.4 Å². The monoisotopic (exact) mass is 658 g/mol.